The second-order valence-corrected chi connectivity index (χ2v) is 7.18. The van der Waals surface area contributed by atoms with Gasteiger partial charge in [0.1, 0.15) is 6.04 Å². The molecular formula is C19H23N5O2S. The number of amides is 2. The number of carbonyl (C=O) groups excluding carboxylic acids is 2. The highest BCUT2D eigenvalue weighted by molar-refractivity contribution is 7.03. The Labute approximate surface area is 162 Å². The summed E-state index contributed by atoms with van der Waals surface area (Å²) in [7, 11) is 0. The molecule has 1 N–H and O–H groups in total. The molecule has 2 amide bonds. The van der Waals surface area contributed by atoms with E-state index in [1.807, 2.05) is 0 Å². The summed E-state index contributed by atoms with van der Waals surface area (Å²) in [5.74, 6) is -0.551. The normalized spacial score (nSPS) is 15.7. The highest BCUT2D eigenvalue weighted by atomic mass is 32.1. The van der Waals surface area contributed by atoms with Gasteiger partial charge in [-0.25, -0.2) is 0 Å². The number of aromatic nitrogens is 3. The summed E-state index contributed by atoms with van der Waals surface area (Å²) in [6.45, 7) is 3.96. The Morgan fingerprint density at radius 1 is 1.37 bits per heavy atom. The molecule has 2 heterocycles. The molecule has 1 atom stereocenters. The molecule has 1 aliphatic rings. The second kappa shape index (κ2) is 9.36. The number of hydrogen-bond donors (Lipinski definition) is 1. The quantitative estimate of drug-likeness (QED) is 0.741. The molecule has 1 saturated carbocycles. The lowest BCUT2D eigenvalue weighted by Gasteiger charge is -2.32. The van der Waals surface area contributed by atoms with Gasteiger partial charge in [-0.2, -0.15) is 0 Å². The first-order valence-electron chi connectivity index (χ1n) is 9.10. The molecule has 0 aliphatic heterocycles. The lowest BCUT2D eigenvalue weighted by atomic mass is 9.95. The van der Waals surface area contributed by atoms with Gasteiger partial charge in [0, 0.05) is 35.9 Å². The van der Waals surface area contributed by atoms with Crippen LogP contribution in [-0.4, -0.2) is 43.9 Å². The summed E-state index contributed by atoms with van der Waals surface area (Å²) in [5.41, 5.74) is 0.880. The predicted octanol–water partition coefficient (Wildman–Crippen LogP) is 2.75. The van der Waals surface area contributed by atoms with Crippen molar-refractivity contribution in [1.29, 1.82) is 0 Å². The van der Waals surface area contributed by atoms with E-state index in [-0.39, 0.29) is 30.1 Å². The summed E-state index contributed by atoms with van der Waals surface area (Å²) < 4.78 is 3.76. The van der Waals surface area contributed by atoms with Gasteiger partial charge in [0.25, 0.3) is 5.91 Å². The monoisotopic (exact) mass is 385 g/mol. The lowest BCUT2D eigenvalue weighted by molar-refractivity contribution is -0.126. The van der Waals surface area contributed by atoms with Crippen molar-refractivity contribution in [1.82, 2.24) is 24.8 Å². The van der Waals surface area contributed by atoms with Gasteiger partial charge in [-0.3, -0.25) is 14.6 Å². The molecule has 3 rings (SSSR count). The third-order valence-corrected chi connectivity index (χ3v) is 5.18. The van der Waals surface area contributed by atoms with E-state index < -0.39 is 6.04 Å². The van der Waals surface area contributed by atoms with Gasteiger partial charge in [0.2, 0.25) is 5.91 Å². The van der Waals surface area contributed by atoms with Crippen LogP contribution >= 0.6 is 11.5 Å². The van der Waals surface area contributed by atoms with Crippen molar-refractivity contribution in [3.63, 3.8) is 0 Å². The Balaban J connectivity index is 1.90. The Kier molecular flexibility index (Phi) is 6.64. The summed E-state index contributed by atoms with van der Waals surface area (Å²) in [6, 6.07) is 2.91. The van der Waals surface area contributed by atoms with Crippen LogP contribution in [0.1, 0.15) is 54.2 Å². The summed E-state index contributed by atoms with van der Waals surface area (Å²) in [5, 5.41) is 8.58. The van der Waals surface area contributed by atoms with Crippen LogP contribution in [0.2, 0.25) is 0 Å². The first-order chi connectivity index (χ1) is 13.2. The third kappa shape index (κ3) is 4.77. The van der Waals surface area contributed by atoms with Crippen molar-refractivity contribution in [2.24, 2.45) is 0 Å². The highest BCUT2D eigenvalue weighted by Crippen LogP contribution is 2.25. The number of pyridine rings is 1. The van der Waals surface area contributed by atoms with Crippen LogP contribution in [0, 0.1) is 0 Å². The Morgan fingerprint density at radius 3 is 2.81 bits per heavy atom. The van der Waals surface area contributed by atoms with Crippen molar-refractivity contribution in [2.45, 2.75) is 44.2 Å². The molecule has 1 aliphatic carbocycles. The minimum atomic E-state index is -0.798. The third-order valence-electron chi connectivity index (χ3n) is 4.68. The Hall–Kier alpha value is -2.61. The van der Waals surface area contributed by atoms with Gasteiger partial charge in [-0.05, 0) is 30.4 Å². The summed E-state index contributed by atoms with van der Waals surface area (Å²) in [4.78, 5) is 31.8. The molecule has 1 fully saturated rings. The molecule has 8 heteroatoms. The van der Waals surface area contributed by atoms with E-state index in [4.69, 9.17) is 0 Å². The van der Waals surface area contributed by atoms with Crippen LogP contribution in [-0.2, 0) is 4.79 Å². The maximum absolute atomic E-state index is 13.2. The smallest absolute Gasteiger partial charge is 0.276 e. The number of nitrogens with zero attached hydrogens (tertiary/aromatic N) is 4. The van der Waals surface area contributed by atoms with Crippen LogP contribution in [0.25, 0.3) is 0 Å². The fraction of sp³-hybridized carbons (Fsp3) is 0.421. The maximum Gasteiger partial charge on any atom is 0.276 e. The zero-order valence-electron chi connectivity index (χ0n) is 15.1. The molecule has 0 bridgehead atoms. The number of nitrogens with one attached hydrogen (secondary N) is 1. The van der Waals surface area contributed by atoms with Gasteiger partial charge in [-0.1, -0.05) is 35.9 Å². The number of hydrogen-bond acceptors (Lipinski definition) is 6. The maximum atomic E-state index is 13.2. The fourth-order valence-electron chi connectivity index (χ4n) is 3.39. The van der Waals surface area contributed by atoms with Crippen molar-refractivity contribution < 1.29 is 9.59 Å². The van der Waals surface area contributed by atoms with E-state index >= 15 is 0 Å². The van der Waals surface area contributed by atoms with Gasteiger partial charge in [-0.15, -0.1) is 11.7 Å². The lowest BCUT2D eigenvalue weighted by Crippen LogP contribution is -2.47. The molecule has 0 unspecified atom stereocenters. The van der Waals surface area contributed by atoms with Crippen molar-refractivity contribution in [3.05, 3.63) is 53.8 Å². The van der Waals surface area contributed by atoms with Gasteiger partial charge in [0.15, 0.2) is 5.69 Å². The predicted molar refractivity (Wildman–Crippen MR) is 103 cm³/mol. The minimum absolute atomic E-state index is 0.145. The van der Waals surface area contributed by atoms with Crippen LogP contribution in [0.5, 0.6) is 0 Å². The molecule has 2 aromatic rings. The topological polar surface area (TPSA) is 88.1 Å². The van der Waals surface area contributed by atoms with Gasteiger partial charge < -0.3 is 10.2 Å². The van der Waals surface area contributed by atoms with Crippen LogP contribution < -0.4 is 5.32 Å². The second-order valence-electron chi connectivity index (χ2n) is 6.57. The van der Waals surface area contributed by atoms with E-state index in [0.717, 1.165) is 37.2 Å². The highest BCUT2D eigenvalue weighted by Gasteiger charge is 2.33. The zero-order valence-corrected chi connectivity index (χ0v) is 15.9. The van der Waals surface area contributed by atoms with Crippen LogP contribution in [0.4, 0.5) is 0 Å². The zero-order chi connectivity index (χ0) is 19.1. The standard InChI is InChI=1S/C19H23N5O2S/c1-2-11-24(19(26)16-13-27-23-22-16)17(14-7-6-10-20-12-14)18(25)21-15-8-4-3-5-9-15/h2,6-7,10,12-13,15,17H,1,3-5,8-9,11H2,(H,21,25)/t17-/m1/s1. The summed E-state index contributed by atoms with van der Waals surface area (Å²) in [6.07, 6.45) is 10.2. The Morgan fingerprint density at radius 2 is 2.19 bits per heavy atom. The molecule has 7 nitrogen and oxygen atoms in total. The van der Waals surface area contributed by atoms with E-state index in [9.17, 15) is 9.59 Å². The van der Waals surface area contributed by atoms with E-state index in [0.29, 0.717) is 5.56 Å². The molecule has 0 radical (unpaired) electrons. The molecule has 2 aromatic heterocycles. The number of carbonyl (C=O) groups is 2. The average molecular weight is 385 g/mol. The summed E-state index contributed by atoms with van der Waals surface area (Å²) >= 11 is 1.10. The van der Waals surface area contributed by atoms with Crippen LogP contribution in [0.3, 0.4) is 0 Å². The first-order valence-corrected chi connectivity index (χ1v) is 9.93. The molecule has 0 aromatic carbocycles. The van der Waals surface area contributed by atoms with Crippen molar-refractivity contribution in [2.75, 3.05) is 6.54 Å². The van der Waals surface area contributed by atoms with Crippen LogP contribution in [0.15, 0.2) is 42.6 Å². The van der Waals surface area contributed by atoms with E-state index in [2.05, 4.69) is 26.5 Å². The van der Waals surface area contributed by atoms with Gasteiger partial charge >= 0.3 is 0 Å². The van der Waals surface area contributed by atoms with Gasteiger partial charge in [0.05, 0.1) is 0 Å². The molecule has 0 saturated heterocycles. The van der Waals surface area contributed by atoms with E-state index in [1.165, 1.54) is 11.3 Å². The molecule has 27 heavy (non-hydrogen) atoms. The number of rotatable bonds is 7. The fourth-order valence-corrected chi connectivity index (χ4v) is 3.82. The molecule has 0 spiro atoms. The minimum Gasteiger partial charge on any atom is -0.351 e. The van der Waals surface area contributed by atoms with Crippen molar-refractivity contribution >= 4 is 23.3 Å². The molecular weight excluding hydrogens is 362 g/mol. The van der Waals surface area contributed by atoms with E-state index in [1.54, 1.807) is 36.0 Å². The first kappa shape index (κ1) is 19.2. The Bertz CT molecular complexity index is 760. The largest absolute Gasteiger partial charge is 0.351 e. The SMILES string of the molecule is C=CCN(C(=O)c1csnn1)[C@@H](C(=O)NC1CCCCC1)c1cccnc1. The average Bonchev–Trinajstić information content (AvgIpc) is 3.23. The van der Waals surface area contributed by atoms with Crippen molar-refractivity contribution in [3.8, 4) is 0 Å². The molecule has 142 valence electrons.